The Morgan fingerprint density at radius 3 is 2.19 bits per heavy atom. The van der Waals surface area contributed by atoms with Gasteiger partial charge >= 0.3 is 0 Å². The van der Waals surface area contributed by atoms with E-state index in [1.807, 2.05) is 0 Å². The smallest absolute Gasteiger partial charge is 0.234 e. The molecule has 5 heteroatoms. The largest absolute Gasteiger partial charge is 0.399 e. The Kier molecular flexibility index (Phi) is 3.43. The van der Waals surface area contributed by atoms with E-state index in [0.29, 0.717) is 12.8 Å². The maximum atomic E-state index is 13.5. The van der Waals surface area contributed by atoms with Crippen molar-refractivity contribution in [1.29, 1.82) is 0 Å². The van der Waals surface area contributed by atoms with Gasteiger partial charge in [-0.2, -0.15) is 0 Å². The lowest BCUT2D eigenvalue weighted by atomic mass is 9.67. The van der Waals surface area contributed by atoms with Gasteiger partial charge in [0, 0.05) is 18.5 Å². The molecule has 1 aliphatic carbocycles. The second kappa shape index (κ2) is 5.13. The highest BCUT2D eigenvalue weighted by atomic mass is 19.1. The van der Waals surface area contributed by atoms with Crippen LogP contribution >= 0.6 is 0 Å². The fourth-order valence-corrected chi connectivity index (χ4v) is 3.67. The lowest BCUT2D eigenvalue weighted by Gasteiger charge is -2.42. The van der Waals surface area contributed by atoms with Gasteiger partial charge in [0.15, 0.2) is 0 Å². The number of anilines is 2. The van der Waals surface area contributed by atoms with E-state index in [1.165, 1.54) is 24.6 Å². The van der Waals surface area contributed by atoms with E-state index in [0.717, 1.165) is 30.6 Å². The predicted molar refractivity (Wildman–Crippen MR) is 78.1 cm³/mol. The number of hydrogen-bond donors (Lipinski definition) is 1. The molecule has 0 unspecified atom stereocenters. The molecule has 1 saturated heterocycles. The van der Waals surface area contributed by atoms with Crippen molar-refractivity contribution in [1.82, 2.24) is 0 Å². The Morgan fingerprint density at radius 1 is 1.00 bits per heavy atom. The van der Waals surface area contributed by atoms with Crippen LogP contribution in [-0.2, 0) is 9.59 Å². The lowest BCUT2D eigenvalue weighted by Crippen LogP contribution is -2.48. The Labute approximate surface area is 123 Å². The summed E-state index contributed by atoms with van der Waals surface area (Å²) in [7, 11) is 0. The van der Waals surface area contributed by atoms with Gasteiger partial charge in [0.25, 0.3) is 0 Å². The van der Waals surface area contributed by atoms with Crippen LogP contribution in [0.4, 0.5) is 15.8 Å². The van der Waals surface area contributed by atoms with Gasteiger partial charge < -0.3 is 5.73 Å². The van der Waals surface area contributed by atoms with Crippen molar-refractivity contribution in [2.45, 2.75) is 44.9 Å². The van der Waals surface area contributed by atoms with Crippen LogP contribution in [0.1, 0.15) is 44.9 Å². The zero-order valence-electron chi connectivity index (χ0n) is 11.9. The van der Waals surface area contributed by atoms with Crippen LogP contribution in [0, 0.1) is 11.2 Å². The van der Waals surface area contributed by atoms with E-state index >= 15 is 0 Å². The van der Waals surface area contributed by atoms with Gasteiger partial charge in [-0.3, -0.25) is 14.5 Å². The van der Waals surface area contributed by atoms with E-state index < -0.39 is 5.82 Å². The maximum Gasteiger partial charge on any atom is 0.234 e. The molecule has 1 heterocycles. The van der Waals surface area contributed by atoms with Crippen molar-refractivity contribution in [2.24, 2.45) is 5.41 Å². The third-order valence-electron chi connectivity index (χ3n) is 4.63. The normalized spacial score (nSPS) is 21.9. The number of rotatable bonds is 1. The van der Waals surface area contributed by atoms with Crippen LogP contribution < -0.4 is 10.6 Å². The van der Waals surface area contributed by atoms with Gasteiger partial charge in [0.05, 0.1) is 5.69 Å². The molecule has 1 saturated carbocycles. The second-order valence-electron chi connectivity index (χ2n) is 6.28. The van der Waals surface area contributed by atoms with Crippen LogP contribution in [0.25, 0.3) is 0 Å². The molecule has 2 amide bonds. The van der Waals surface area contributed by atoms with Crippen molar-refractivity contribution in [3.8, 4) is 0 Å². The predicted octanol–water partition coefficient (Wildman–Crippen LogP) is 3.01. The first kappa shape index (κ1) is 14.0. The Balaban J connectivity index is 1.88. The van der Waals surface area contributed by atoms with Gasteiger partial charge in [0.2, 0.25) is 11.8 Å². The van der Waals surface area contributed by atoms with Crippen molar-refractivity contribution in [3.63, 3.8) is 0 Å². The van der Waals surface area contributed by atoms with Gasteiger partial charge in [-0.25, -0.2) is 4.39 Å². The van der Waals surface area contributed by atoms with Crippen LogP contribution in [-0.4, -0.2) is 11.8 Å². The highest BCUT2D eigenvalue weighted by Gasteiger charge is 2.44. The molecule has 2 fully saturated rings. The summed E-state index contributed by atoms with van der Waals surface area (Å²) >= 11 is 0. The molecule has 1 aromatic rings. The standard InChI is InChI=1S/C16H19FN2O2/c17-11-6-12(18)8-13(7-11)19-14(20)9-16(10-15(19)21)4-2-1-3-5-16/h6-8H,1-5,9-10,18H2. The molecule has 1 spiro atoms. The van der Waals surface area contributed by atoms with E-state index in [2.05, 4.69) is 0 Å². The Bertz CT molecular complexity index is 554. The molecular weight excluding hydrogens is 271 g/mol. The molecule has 2 N–H and O–H groups in total. The minimum absolute atomic E-state index is 0.165. The van der Waals surface area contributed by atoms with E-state index in [9.17, 15) is 14.0 Å². The fourth-order valence-electron chi connectivity index (χ4n) is 3.67. The molecule has 2 aliphatic rings. The molecule has 112 valence electrons. The summed E-state index contributed by atoms with van der Waals surface area (Å²) in [6, 6.07) is 3.83. The van der Waals surface area contributed by atoms with E-state index in [-0.39, 0.29) is 28.6 Å². The summed E-state index contributed by atoms with van der Waals surface area (Å²) in [5.74, 6) is -1.01. The third kappa shape index (κ3) is 2.64. The summed E-state index contributed by atoms with van der Waals surface area (Å²) in [4.78, 5) is 26.0. The molecule has 1 aliphatic heterocycles. The average Bonchev–Trinajstić information content (AvgIpc) is 2.37. The summed E-state index contributed by atoms with van der Waals surface area (Å²) in [6.45, 7) is 0. The number of nitrogens with two attached hydrogens (primary N) is 1. The zero-order chi connectivity index (χ0) is 15.0. The fraction of sp³-hybridized carbons (Fsp3) is 0.500. The monoisotopic (exact) mass is 290 g/mol. The average molecular weight is 290 g/mol. The number of amides is 2. The second-order valence-corrected chi connectivity index (χ2v) is 6.28. The lowest BCUT2D eigenvalue weighted by molar-refractivity contribution is -0.134. The number of nitrogen functional groups attached to an aromatic ring is 1. The third-order valence-corrected chi connectivity index (χ3v) is 4.63. The molecule has 4 nitrogen and oxygen atoms in total. The molecule has 0 atom stereocenters. The zero-order valence-corrected chi connectivity index (χ0v) is 11.9. The molecule has 21 heavy (non-hydrogen) atoms. The van der Waals surface area contributed by atoms with Crippen molar-refractivity contribution < 1.29 is 14.0 Å². The number of benzene rings is 1. The van der Waals surface area contributed by atoms with Crippen molar-refractivity contribution >= 4 is 23.2 Å². The number of halogens is 1. The van der Waals surface area contributed by atoms with Crippen molar-refractivity contribution in [2.75, 3.05) is 10.6 Å². The first-order valence-electron chi connectivity index (χ1n) is 7.41. The number of nitrogens with zero attached hydrogens (tertiary/aromatic N) is 1. The van der Waals surface area contributed by atoms with Crippen molar-refractivity contribution in [3.05, 3.63) is 24.0 Å². The van der Waals surface area contributed by atoms with Crippen LogP contribution in [0.15, 0.2) is 18.2 Å². The Hall–Kier alpha value is -1.91. The number of carbonyl (C=O) groups excluding carboxylic acids is 2. The van der Waals surface area contributed by atoms with Gasteiger partial charge in [-0.05, 0) is 36.5 Å². The van der Waals surface area contributed by atoms with Gasteiger partial charge in [-0.1, -0.05) is 19.3 Å². The molecule has 0 aromatic heterocycles. The highest BCUT2D eigenvalue weighted by molar-refractivity contribution is 6.17. The highest BCUT2D eigenvalue weighted by Crippen LogP contribution is 2.46. The summed E-state index contributed by atoms with van der Waals surface area (Å²) < 4.78 is 13.5. The van der Waals surface area contributed by atoms with E-state index in [1.54, 1.807) is 0 Å². The number of imide groups is 1. The summed E-state index contributed by atoms with van der Waals surface area (Å²) in [5, 5.41) is 0. The van der Waals surface area contributed by atoms with Gasteiger partial charge in [0.1, 0.15) is 5.82 Å². The number of carbonyl (C=O) groups is 2. The van der Waals surface area contributed by atoms with Crippen LogP contribution in [0.5, 0.6) is 0 Å². The molecular formula is C16H19FN2O2. The molecule has 0 bridgehead atoms. The molecule has 3 rings (SSSR count). The minimum Gasteiger partial charge on any atom is -0.399 e. The molecule has 0 radical (unpaired) electrons. The number of hydrogen-bond acceptors (Lipinski definition) is 3. The summed E-state index contributed by atoms with van der Waals surface area (Å²) in [6.07, 6.45) is 5.94. The van der Waals surface area contributed by atoms with E-state index in [4.69, 9.17) is 5.73 Å². The minimum atomic E-state index is -0.538. The van der Waals surface area contributed by atoms with Crippen LogP contribution in [0.2, 0.25) is 0 Å². The first-order valence-corrected chi connectivity index (χ1v) is 7.41. The Morgan fingerprint density at radius 2 is 1.62 bits per heavy atom. The first-order chi connectivity index (χ1) is 9.99. The molecule has 1 aromatic carbocycles. The summed E-state index contributed by atoms with van der Waals surface area (Å²) in [5.41, 5.74) is 5.89. The van der Waals surface area contributed by atoms with Gasteiger partial charge in [-0.15, -0.1) is 0 Å². The SMILES string of the molecule is Nc1cc(F)cc(N2C(=O)CC3(CCCCC3)CC2=O)c1. The quantitative estimate of drug-likeness (QED) is 0.638. The van der Waals surface area contributed by atoms with Crippen LogP contribution in [0.3, 0.4) is 0 Å². The maximum absolute atomic E-state index is 13.5. The topological polar surface area (TPSA) is 63.4 Å². The number of piperidine rings is 1.